The van der Waals surface area contributed by atoms with Gasteiger partial charge in [-0.3, -0.25) is 15.0 Å². The molecule has 1 N–H and O–H groups in total. The van der Waals surface area contributed by atoms with Crippen LogP contribution in [0.5, 0.6) is 0 Å². The SMILES string of the molecule is O=[N+]([O-])c1ccc(CN2CC[C@H](O)C2)c(Br)c1. The van der Waals surface area contributed by atoms with E-state index < -0.39 is 4.92 Å². The van der Waals surface area contributed by atoms with E-state index in [4.69, 9.17) is 0 Å². The van der Waals surface area contributed by atoms with E-state index in [1.54, 1.807) is 6.07 Å². The van der Waals surface area contributed by atoms with Crippen molar-refractivity contribution in [3.8, 4) is 0 Å². The van der Waals surface area contributed by atoms with Crippen molar-refractivity contribution in [1.29, 1.82) is 0 Å². The van der Waals surface area contributed by atoms with Gasteiger partial charge in [0, 0.05) is 36.2 Å². The van der Waals surface area contributed by atoms with Crippen LogP contribution in [0.4, 0.5) is 5.69 Å². The Hall–Kier alpha value is -0.980. The van der Waals surface area contributed by atoms with Gasteiger partial charge in [-0.25, -0.2) is 0 Å². The number of halogens is 1. The molecule has 1 heterocycles. The molecule has 0 saturated carbocycles. The summed E-state index contributed by atoms with van der Waals surface area (Å²) < 4.78 is 0.744. The molecule has 1 atom stereocenters. The van der Waals surface area contributed by atoms with Crippen LogP contribution in [0.1, 0.15) is 12.0 Å². The van der Waals surface area contributed by atoms with Gasteiger partial charge in [0.25, 0.3) is 5.69 Å². The van der Waals surface area contributed by atoms with Crippen molar-refractivity contribution in [2.45, 2.75) is 19.1 Å². The fourth-order valence-corrected chi connectivity index (χ4v) is 2.47. The molecule has 2 rings (SSSR count). The molecule has 1 aromatic carbocycles. The van der Waals surface area contributed by atoms with Crippen LogP contribution >= 0.6 is 15.9 Å². The van der Waals surface area contributed by atoms with Crippen molar-refractivity contribution in [1.82, 2.24) is 4.90 Å². The molecule has 1 aromatic rings. The zero-order valence-corrected chi connectivity index (χ0v) is 10.8. The molecule has 0 bridgehead atoms. The molecule has 1 fully saturated rings. The first-order valence-electron chi connectivity index (χ1n) is 5.39. The number of hydrogen-bond donors (Lipinski definition) is 1. The molecule has 92 valence electrons. The van der Waals surface area contributed by atoms with Crippen LogP contribution in [-0.4, -0.2) is 34.1 Å². The highest BCUT2D eigenvalue weighted by atomic mass is 79.9. The summed E-state index contributed by atoms with van der Waals surface area (Å²) in [5, 5.41) is 20.0. The standard InChI is InChI=1S/C11H13BrN2O3/c12-11-5-9(14(16)17)2-1-8(11)6-13-4-3-10(15)7-13/h1-2,5,10,15H,3-4,6-7H2/t10-/m0/s1. The number of nitro benzene ring substituents is 1. The summed E-state index contributed by atoms with van der Waals surface area (Å²) in [7, 11) is 0. The fourth-order valence-electron chi connectivity index (χ4n) is 1.97. The largest absolute Gasteiger partial charge is 0.392 e. The maximum absolute atomic E-state index is 10.6. The van der Waals surface area contributed by atoms with Crippen LogP contribution in [0, 0.1) is 10.1 Å². The van der Waals surface area contributed by atoms with E-state index in [0.717, 1.165) is 23.0 Å². The first-order chi connectivity index (χ1) is 8.06. The lowest BCUT2D eigenvalue weighted by atomic mass is 10.2. The monoisotopic (exact) mass is 300 g/mol. The molecular weight excluding hydrogens is 288 g/mol. The Morgan fingerprint density at radius 2 is 2.35 bits per heavy atom. The zero-order valence-electron chi connectivity index (χ0n) is 9.17. The van der Waals surface area contributed by atoms with Crippen LogP contribution in [0.25, 0.3) is 0 Å². The van der Waals surface area contributed by atoms with Crippen molar-refractivity contribution in [2.75, 3.05) is 13.1 Å². The van der Waals surface area contributed by atoms with Gasteiger partial charge in [0.15, 0.2) is 0 Å². The van der Waals surface area contributed by atoms with Crippen molar-refractivity contribution >= 4 is 21.6 Å². The number of non-ortho nitro benzene ring substituents is 1. The van der Waals surface area contributed by atoms with Gasteiger partial charge < -0.3 is 5.11 Å². The van der Waals surface area contributed by atoms with Gasteiger partial charge in [-0.1, -0.05) is 15.9 Å². The topological polar surface area (TPSA) is 66.6 Å². The first-order valence-corrected chi connectivity index (χ1v) is 6.19. The number of nitro groups is 1. The van der Waals surface area contributed by atoms with E-state index >= 15 is 0 Å². The number of hydrogen-bond acceptors (Lipinski definition) is 4. The van der Waals surface area contributed by atoms with E-state index in [0.29, 0.717) is 13.1 Å². The van der Waals surface area contributed by atoms with Gasteiger partial charge >= 0.3 is 0 Å². The summed E-state index contributed by atoms with van der Waals surface area (Å²) in [4.78, 5) is 12.3. The Morgan fingerprint density at radius 1 is 1.59 bits per heavy atom. The highest BCUT2D eigenvalue weighted by Gasteiger charge is 2.21. The lowest BCUT2D eigenvalue weighted by Crippen LogP contribution is -2.21. The predicted octanol–water partition coefficient (Wildman–Crippen LogP) is 1.92. The Kier molecular flexibility index (Phi) is 3.76. The summed E-state index contributed by atoms with van der Waals surface area (Å²) >= 11 is 3.34. The molecule has 0 spiro atoms. The quantitative estimate of drug-likeness (QED) is 0.684. The normalized spacial score (nSPS) is 20.7. The maximum atomic E-state index is 10.6. The number of benzene rings is 1. The Balaban J connectivity index is 2.09. The highest BCUT2D eigenvalue weighted by molar-refractivity contribution is 9.10. The zero-order chi connectivity index (χ0) is 12.4. The van der Waals surface area contributed by atoms with E-state index in [2.05, 4.69) is 20.8 Å². The third kappa shape index (κ3) is 3.02. The van der Waals surface area contributed by atoms with Crippen LogP contribution in [0.3, 0.4) is 0 Å². The number of nitrogens with zero attached hydrogens (tertiary/aromatic N) is 2. The molecule has 1 aliphatic heterocycles. The molecule has 6 heteroatoms. The summed E-state index contributed by atoms with van der Waals surface area (Å²) in [6.45, 7) is 2.24. The average Bonchev–Trinajstić information content (AvgIpc) is 2.67. The third-order valence-electron chi connectivity index (χ3n) is 2.89. The van der Waals surface area contributed by atoms with Crippen LogP contribution < -0.4 is 0 Å². The second-order valence-electron chi connectivity index (χ2n) is 4.21. The number of likely N-dealkylation sites (tertiary alicyclic amines) is 1. The smallest absolute Gasteiger partial charge is 0.270 e. The number of rotatable bonds is 3. The molecular formula is C11H13BrN2O3. The van der Waals surface area contributed by atoms with Gasteiger partial charge in [0.2, 0.25) is 0 Å². The van der Waals surface area contributed by atoms with Crippen molar-refractivity contribution in [3.05, 3.63) is 38.3 Å². The van der Waals surface area contributed by atoms with Gasteiger partial charge in [-0.15, -0.1) is 0 Å². The molecule has 0 aliphatic carbocycles. The molecule has 1 aliphatic rings. The minimum Gasteiger partial charge on any atom is -0.392 e. The predicted molar refractivity (Wildman–Crippen MR) is 66.7 cm³/mol. The average molecular weight is 301 g/mol. The fraction of sp³-hybridized carbons (Fsp3) is 0.455. The molecule has 0 unspecified atom stereocenters. The molecule has 0 aromatic heterocycles. The Bertz CT molecular complexity index is 439. The lowest BCUT2D eigenvalue weighted by molar-refractivity contribution is -0.384. The molecule has 0 radical (unpaired) electrons. The Labute approximate surface area is 107 Å². The summed E-state index contributed by atoms with van der Waals surface area (Å²) in [5.74, 6) is 0. The number of aliphatic hydroxyl groups excluding tert-OH is 1. The van der Waals surface area contributed by atoms with Gasteiger partial charge in [0.05, 0.1) is 11.0 Å². The first kappa shape index (κ1) is 12.5. The molecule has 1 saturated heterocycles. The van der Waals surface area contributed by atoms with E-state index in [1.165, 1.54) is 12.1 Å². The highest BCUT2D eigenvalue weighted by Crippen LogP contribution is 2.25. The summed E-state index contributed by atoms with van der Waals surface area (Å²) in [6.07, 6.45) is 0.553. The third-order valence-corrected chi connectivity index (χ3v) is 3.63. The maximum Gasteiger partial charge on any atom is 0.270 e. The van der Waals surface area contributed by atoms with Gasteiger partial charge in [-0.2, -0.15) is 0 Å². The lowest BCUT2D eigenvalue weighted by Gasteiger charge is -2.15. The van der Waals surface area contributed by atoms with Crippen LogP contribution in [0.2, 0.25) is 0 Å². The van der Waals surface area contributed by atoms with Crippen molar-refractivity contribution in [3.63, 3.8) is 0 Å². The van der Waals surface area contributed by atoms with E-state index in [1.807, 2.05) is 0 Å². The van der Waals surface area contributed by atoms with E-state index in [9.17, 15) is 15.2 Å². The van der Waals surface area contributed by atoms with Crippen molar-refractivity contribution in [2.24, 2.45) is 0 Å². The van der Waals surface area contributed by atoms with Gasteiger partial charge in [0.1, 0.15) is 0 Å². The summed E-state index contributed by atoms with van der Waals surface area (Å²) in [5.41, 5.74) is 1.09. The molecule has 5 nitrogen and oxygen atoms in total. The number of β-amino-alcohol motifs (C(OH)–C–C–N with tert-alkyl or cyclic N) is 1. The summed E-state index contributed by atoms with van der Waals surface area (Å²) in [6, 6.07) is 4.78. The van der Waals surface area contributed by atoms with E-state index in [-0.39, 0.29) is 11.8 Å². The molecule has 17 heavy (non-hydrogen) atoms. The minimum atomic E-state index is -0.409. The molecule has 0 amide bonds. The minimum absolute atomic E-state index is 0.0853. The van der Waals surface area contributed by atoms with Gasteiger partial charge in [-0.05, 0) is 18.1 Å². The second kappa shape index (κ2) is 5.12. The number of aliphatic hydroxyl groups is 1. The Morgan fingerprint density at radius 3 is 2.88 bits per heavy atom. The van der Waals surface area contributed by atoms with Crippen LogP contribution in [-0.2, 0) is 6.54 Å². The second-order valence-corrected chi connectivity index (χ2v) is 5.06. The van der Waals surface area contributed by atoms with Crippen molar-refractivity contribution < 1.29 is 10.0 Å². The van der Waals surface area contributed by atoms with Crippen LogP contribution in [0.15, 0.2) is 22.7 Å².